The number of nitrogens with one attached hydrogen (secondary N) is 1. The van der Waals surface area contributed by atoms with Crippen LogP contribution in [0.5, 0.6) is 0 Å². The Bertz CT molecular complexity index is 394. The molecule has 1 nitrogen and oxygen atoms in total. The highest BCUT2D eigenvalue weighted by molar-refractivity contribution is 5.29. The largest absolute Gasteiger partial charge is 0.392 e. The molecule has 0 saturated carbocycles. The second-order valence-corrected chi connectivity index (χ2v) is 4.02. The minimum Gasteiger partial charge on any atom is -0.387 e. The first-order valence-electron chi connectivity index (χ1n) is 5.40. The summed E-state index contributed by atoms with van der Waals surface area (Å²) in [6.45, 7) is 4.57. The summed E-state index contributed by atoms with van der Waals surface area (Å²) >= 11 is 0. The molecule has 0 amide bonds. The molecule has 0 heterocycles. The normalized spacial score (nSPS) is 12.1. The second-order valence-electron chi connectivity index (χ2n) is 4.02. The molecule has 17 heavy (non-hydrogen) atoms. The van der Waals surface area contributed by atoms with Crippen molar-refractivity contribution in [2.24, 2.45) is 0 Å². The Balaban J connectivity index is 2.38. The number of aryl methyl sites for hydroxylation is 2. The highest BCUT2D eigenvalue weighted by Gasteiger charge is 2.24. The van der Waals surface area contributed by atoms with Gasteiger partial charge in [0.1, 0.15) is 0 Å². The summed E-state index contributed by atoms with van der Waals surface area (Å²) in [5, 5.41) is 2.84. The molecule has 1 N–H and O–H groups in total. The van der Waals surface area contributed by atoms with E-state index in [9.17, 15) is 13.2 Å². The van der Waals surface area contributed by atoms with Crippen LogP contribution in [-0.2, 0) is 6.54 Å². The predicted molar refractivity (Wildman–Crippen MR) is 62.6 cm³/mol. The summed E-state index contributed by atoms with van der Waals surface area (Å²) in [5.41, 5.74) is 3.45. The molecule has 0 aliphatic heterocycles. The van der Waals surface area contributed by atoms with Gasteiger partial charge in [-0.2, -0.15) is 13.2 Å². The van der Waals surface area contributed by atoms with Gasteiger partial charge in [-0.05, 0) is 36.7 Å². The highest BCUT2D eigenvalue weighted by Crippen LogP contribution is 2.19. The van der Waals surface area contributed by atoms with Crippen molar-refractivity contribution in [3.8, 4) is 0 Å². The van der Waals surface area contributed by atoms with Crippen molar-refractivity contribution in [2.75, 3.05) is 0 Å². The van der Waals surface area contributed by atoms with Crippen LogP contribution >= 0.6 is 0 Å². The Labute approximate surface area is 99.3 Å². The van der Waals surface area contributed by atoms with Crippen LogP contribution in [0.2, 0.25) is 0 Å². The molecule has 94 valence electrons. The summed E-state index contributed by atoms with van der Waals surface area (Å²) in [6, 6.07) is 6.00. The number of rotatable bonds is 4. The van der Waals surface area contributed by atoms with Crippen LogP contribution < -0.4 is 5.32 Å². The Morgan fingerprint density at radius 3 is 2.47 bits per heavy atom. The first-order valence-corrected chi connectivity index (χ1v) is 5.40. The van der Waals surface area contributed by atoms with Crippen molar-refractivity contribution in [1.82, 2.24) is 5.32 Å². The van der Waals surface area contributed by atoms with E-state index in [1.165, 1.54) is 17.3 Å². The quantitative estimate of drug-likeness (QED) is 0.846. The number of benzene rings is 1. The van der Waals surface area contributed by atoms with E-state index in [1.54, 1.807) is 0 Å². The van der Waals surface area contributed by atoms with Crippen molar-refractivity contribution < 1.29 is 13.2 Å². The van der Waals surface area contributed by atoms with Crippen LogP contribution in [0, 0.1) is 13.8 Å². The number of allylic oxidation sites excluding steroid dienone is 1. The van der Waals surface area contributed by atoms with Crippen LogP contribution in [0.25, 0.3) is 0 Å². The zero-order chi connectivity index (χ0) is 12.9. The molecular weight excluding hydrogens is 227 g/mol. The number of alkyl halides is 3. The summed E-state index contributed by atoms with van der Waals surface area (Å²) in [4.78, 5) is 0. The van der Waals surface area contributed by atoms with E-state index in [2.05, 4.69) is 5.32 Å². The predicted octanol–water partition coefficient (Wildman–Crippen LogP) is 3.86. The zero-order valence-electron chi connectivity index (χ0n) is 9.93. The van der Waals surface area contributed by atoms with Crippen molar-refractivity contribution in [1.29, 1.82) is 0 Å². The lowest BCUT2D eigenvalue weighted by Gasteiger charge is -2.05. The fourth-order valence-electron chi connectivity index (χ4n) is 1.37. The average Bonchev–Trinajstić information content (AvgIpc) is 2.21. The third-order valence-electron chi connectivity index (χ3n) is 2.46. The standard InChI is InChI=1S/C13H16F3N/c1-10-4-5-12(8-11(10)2)9-17-7-3-6-13(14,15)16/h3-5,7-8,17H,6,9H2,1-2H3/b7-3+. The maximum atomic E-state index is 11.8. The fourth-order valence-corrected chi connectivity index (χ4v) is 1.37. The Morgan fingerprint density at radius 1 is 1.18 bits per heavy atom. The number of hydrogen-bond acceptors (Lipinski definition) is 1. The van der Waals surface area contributed by atoms with E-state index in [0.717, 1.165) is 11.6 Å². The molecule has 0 aromatic heterocycles. The van der Waals surface area contributed by atoms with Gasteiger partial charge < -0.3 is 5.32 Å². The molecule has 0 radical (unpaired) electrons. The van der Waals surface area contributed by atoms with E-state index in [-0.39, 0.29) is 0 Å². The van der Waals surface area contributed by atoms with E-state index >= 15 is 0 Å². The van der Waals surface area contributed by atoms with Gasteiger partial charge in [-0.1, -0.05) is 24.3 Å². The molecule has 0 aliphatic carbocycles. The van der Waals surface area contributed by atoms with Crippen LogP contribution in [0.4, 0.5) is 13.2 Å². The average molecular weight is 243 g/mol. The van der Waals surface area contributed by atoms with Gasteiger partial charge in [0.25, 0.3) is 0 Å². The monoisotopic (exact) mass is 243 g/mol. The second kappa shape index (κ2) is 5.75. The molecule has 1 aromatic carbocycles. The van der Waals surface area contributed by atoms with Gasteiger partial charge >= 0.3 is 6.18 Å². The molecule has 4 heteroatoms. The van der Waals surface area contributed by atoms with E-state index in [1.807, 2.05) is 32.0 Å². The van der Waals surface area contributed by atoms with E-state index in [4.69, 9.17) is 0 Å². The Kier molecular flexibility index (Phi) is 4.61. The maximum absolute atomic E-state index is 11.8. The van der Waals surface area contributed by atoms with Crippen molar-refractivity contribution in [3.63, 3.8) is 0 Å². The molecule has 1 rings (SSSR count). The zero-order valence-corrected chi connectivity index (χ0v) is 9.93. The van der Waals surface area contributed by atoms with E-state index in [0.29, 0.717) is 6.54 Å². The Morgan fingerprint density at radius 2 is 1.88 bits per heavy atom. The molecular formula is C13H16F3N. The van der Waals surface area contributed by atoms with Crippen LogP contribution in [0.15, 0.2) is 30.5 Å². The molecule has 0 unspecified atom stereocenters. The number of halogens is 3. The van der Waals surface area contributed by atoms with Gasteiger partial charge in [0.15, 0.2) is 0 Å². The summed E-state index contributed by atoms with van der Waals surface area (Å²) < 4.78 is 35.5. The molecule has 0 spiro atoms. The third kappa shape index (κ3) is 5.43. The fraction of sp³-hybridized carbons (Fsp3) is 0.385. The van der Waals surface area contributed by atoms with Crippen molar-refractivity contribution in [3.05, 3.63) is 47.2 Å². The van der Waals surface area contributed by atoms with Gasteiger partial charge in [0.05, 0.1) is 6.42 Å². The molecule has 1 aromatic rings. The maximum Gasteiger partial charge on any atom is 0.392 e. The lowest BCUT2D eigenvalue weighted by Crippen LogP contribution is -2.07. The highest BCUT2D eigenvalue weighted by atomic mass is 19.4. The summed E-state index contributed by atoms with van der Waals surface area (Å²) in [6.07, 6.45) is -2.59. The first-order chi connectivity index (χ1) is 7.88. The SMILES string of the molecule is Cc1ccc(CN/C=C/CC(F)(F)F)cc1C. The third-order valence-corrected chi connectivity index (χ3v) is 2.46. The van der Waals surface area contributed by atoms with E-state index < -0.39 is 12.6 Å². The topological polar surface area (TPSA) is 12.0 Å². The summed E-state index contributed by atoms with van der Waals surface area (Å²) in [5.74, 6) is 0. The summed E-state index contributed by atoms with van der Waals surface area (Å²) in [7, 11) is 0. The van der Waals surface area contributed by atoms with Gasteiger partial charge in [-0.15, -0.1) is 0 Å². The van der Waals surface area contributed by atoms with Gasteiger partial charge in [0.2, 0.25) is 0 Å². The van der Waals surface area contributed by atoms with Gasteiger partial charge in [0, 0.05) is 6.54 Å². The van der Waals surface area contributed by atoms with Crippen LogP contribution in [0.1, 0.15) is 23.1 Å². The smallest absolute Gasteiger partial charge is 0.387 e. The van der Waals surface area contributed by atoms with Gasteiger partial charge in [-0.25, -0.2) is 0 Å². The molecule has 0 fully saturated rings. The number of hydrogen-bond donors (Lipinski definition) is 1. The minimum absolute atomic E-state index is 0.537. The van der Waals surface area contributed by atoms with Crippen LogP contribution in [0.3, 0.4) is 0 Å². The lowest BCUT2D eigenvalue weighted by atomic mass is 10.1. The molecule has 0 atom stereocenters. The van der Waals surface area contributed by atoms with Crippen LogP contribution in [-0.4, -0.2) is 6.18 Å². The van der Waals surface area contributed by atoms with Crippen molar-refractivity contribution in [2.45, 2.75) is 33.0 Å². The lowest BCUT2D eigenvalue weighted by molar-refractivity contribution is -0.125. The molecule has 0 saturated heterocycles. The first kappa shape index (κ1) is 13.6. The minimum atomic E-state index is -4.13. The Hall–Kier alpha value is -1.45. The van der Waals surface area contributed by atoms with Crippen molar-refractivity contribution >= 4 is 0 Å². The molecule has 0 aliphatic rings. The van der Waals surface area contributed by atoms with Gasteiger partial charge in [-0.3, -0.25) is 0 Å². The molecule has 0 bridgehead atoms.